The number of amides is 2. The number of ketones is 1. The zero-order valence-electron chi connectivity index (χ0n) is 36.9. The number of hydrogen-bond donors (Lipinski definition) is 3. The van der Waals surface area contributed by atoms with Gasteiger partial charge in [0, 0.05) is 67.8 Å². The van der Waals surface area contributed by atoms with E-state index in [1.807, 2.05) is 63.2 Å². The Bertz CT molecular complexity index is 2490. The Hall–Kier alpha value is -5.90. The molecule has 0 aliphatic carbocycles. The molecule has 2 heterocycles. The van der Waals surface area contributed by atoms with Crippen LogP contribution in [0.3, 0.4) is 0 Å². The Morgan fingerprint density at radius 1 is 0.774 bits per heavy atom. The van der Waals surface area contributed by atoms with Gasteiger partial charge in [-0.15, -0.1) is 0 Å². The minimum Gasteiger partial charge on any atom is -0.496 e. The summed E-state index contributed by atoms with van der Waals surface area (Å²) in [6.07, 6.45) is 5.32. The lowest BCUT2D eigenvalue weighted by molar-refractivity contribution is 0.0969. The van der Waals surface area contributed by atoms with Crippen LogP contribution in [0.1, 0.15) is 67.2 Å². The van der Waals surface area contributed by atoms with Crippen molar-refractivity contribution in [3.63, 3.8) is 0 Å². The summed E-state index contributed by atoms with van der Waals surface area (Å²) in [6, 6.07) is 21.4. The standard InChI is InChI=1S/C47H58N6O8S/c1-47(2,3)32-28-38(45(60-7)39(29-32)51-62(8,56)57)50-46(55)49-37-16-17-41(36-14-10-9-13-35(36)37)61-34-18-19-48-33(30-34)25-31-26-42(58-5)44(43(27-31)59-6)40(54)15-11-12-20-53-23-21-52(4)22-24-53/h9-10,13-14,16-19,26-30,51H,11-12,15,20-25H2,1-8H3,(H2,49,50,55). The Morgan fingerprint density at radius 2 is 1.44 bits per heavy atom. The number of rotatable bonds is 17. The molecule has 1 aliphatic heterocycles. The molecular formula is C47H58N6O8S. The first kappa shape index (κ1) is 45.6. The van der Waals surface area contributed by atoms with Gasteiger partial charge in [0.15, 0.2) is 11.5 Å². The van der Waals surface area contributed by atoms with Crippen LogP contribution in [0.4, 0.5) is 21.9 Å². The maximum Gasteiger partial charge on any atom is 0.323 e. The van der Waals surface area contributed by atoms with Crippen molar-refractivity contribution in [1.29, 1.82) is 0 Å². The number of ether oxygens (including phenoxy) is 4. The highest BCUT2D eigenvalue weighted by atomic mass is 32.2. The van der Waals surface area contributed by atoms with Gasteiger partial charge in [-0.05, 0) is 85.4 Å². The average Bonchev–Trinajstić information content (AvgIpc) is 3.22. The van der Waals surface area contributed by atoms with Gasteiger partial charge in [-0.1, -0.05) is 45.0 Å². The van der Waals surface area contributed by atoms with E-state index in [4.69, 9.17) is 18.9 Å². The number of benzene rings is 4. The Kier molecular flexibility index (Phi) is 14.6. The maximum absolute atomic E-state index is 13.6. The minimum atomic E-state index is -3.64. The first-order valence-corrected chi connectivity index (χ1v) is 22.6. The van der Waals surface area contributed by atoms with E-state index < -0.39 is 16.1 Å². The highest BCUT2D eigenvalue weighted by molar-refractivity contribution is 7.92. The van der Waals surface area contributed by atoms with Gasteiger partial charge in [-0.3, -0.25) is 14.5 Å². The molecule has 0 unspecified atom stereocenters. The highest BCUT2D eigenvalue weighted by Gasteiger charge is 2.24. The van der Waals surface area contributed by atoms with Crippen LogP contribution >= 0.6 is 0 Å². The fourth-order valence-corrected chi connectivity index (χ4v) is 8.06. The number of methoxy groups -OCH3 is 3. The summed E-state index contributed by atoms with van der Waals surface area (Å²) in [5, 5.41) is 7.28. The van der Waals surface area contributed by atoms with Gasteiger partial charge in [-0.2, -0.15) is 0 Å². The number of likely N-dealkylation sites (N-methyl/N-ethyl adjacent to an activating group) is 1. The third-order valence-electron chi connectivity index (χ3n) is 10.8. The van der Waals surface area contributed by atoms with Crippen molar-refractivity contribution >= 4 is 49.7 Å². The van der Waals surface area contributed by atoms with E-state index in [2.05, 4.69) is 37.2 Å². The molecule has 5 aromatic rings. The second-order valence-corrected chi connectivity index (χ2v) is 18.4. The number of nitrogens with one attached hydrogen (secondary N) is 3. The number of unbranched alkanes of at least 4 members (excludes halogenated alkanes) is 1. The number of carbonyl (C=O) groups excluding carboxylic acids is 2. The predicted molar refractivity (Wildman–Crippen MR) is 246 cm³/mol. The predicted octanol–water partition coefficient (Wildman–Crippen LogP) is 8.56. The number of sulfonamides is 1. The van der Waals surface area contributed by atoms with Crippen molar-refractivity contribution in [1.82, 2.24) is 14.8 Å². The molecule has 14 nitrogen and oxygen atoms in total. The summed E-state index contributed by atoms with van der Waals surface area (Å²) >= 11 is 0. The molecule has 15 heteroatoms. The molecule has 0 saturated carbocycles. The van der Waals surface area contributed by atoms with E-state index in [0.29, 0.717) is 52.8 Å². The molecule has 0 radical (unpaired) electrons. The third-order valence-corrected chi connectivity index (χ3v) is 11.4. The zero-order valence-corrected chi connectivity index (χ0v) is 37.7. The summed E-state index contributed by atoms with van der Waals surface area (Å²) in [7, 11) is 3.04. The van der Waals surface area contributed by atoms with Gasteiger partial charge >= 0.3 is 6.03 Å². The Labute approximate surface area is 365 Å². The van der Waals surface area contributed by atoms with Gasteiger partial charge in [0.05, 0.1) is 44.6 Å². The van der Waals surface area contributed by atoms with E-state index >= 15 is 0 Å². The van der Waals surface area contributed by atoms with Gasteiger partial charge in [0.25, 0.3) is 0 Å². The van der Waals surface area contributed by atoms with Crippen molar-refractivity contribution in [2.24, 2.45) is 0 Å². The number of piperazine rings is 1. The van der Waals surface area contributed by atoms with Crippen LogP contribution < -0.4 is 34.3 Å². The number of pyridine rings is 1. The number of anilines is 3. The second-order valence-electron chi connectivity index (χ2n) is 16.6. The number of fused-ring (bicyclic) bond motifs is 1. The monoisotopic (exact) mass is 866 g/mol. The number of hydrogen-bond acceptors (Lipinski definition) is 11. The van der Waals surface area contributed by atoms with Crippen molar-refractivity contribution < 1.29 is 37.0 Å². The molecule has 6 rings (SSSR count). The first-order valence-electron chi connectivity index (χ1n) is 20.7. The Morgan fingerprint density at radius 3 is 2.08 bits per heavy atom. The normalized spacial score (nSPS) is 13.7. The Balaban J connectivity index is 1.15. The van der Waals surface area contributed by atoms with Crippen LogP contribution in [0.25, 0.3) is 10.8 Å². The molecule has 1 saturated heterocycles. The number of urea groups is 1. The van der Waals surface area contributed by atoms with E-state index in [1.165, 1.54) is 7.11 Å². The second kappa shape index (κ2) is 19.9. The minimum absolute atomic E-state index is 0.00425. The van der Waals surface area contributed by atoms with Crippen molar-refractivity contribution in [3.05, 3.63) is 101 Å². The summed E-state index contributed by atoms with van der Waals surface area (Å²) in [4.78, 5) is 36.5. The van der Waals surface area contributed by atoms with E-state index in [9.17, 15) is 18.0 Å². The van der Waals surface area contributed by atoms with E-state index in [0.717, 1.165) is 79.4 Å². The molecule has 3 N–H and O–H groups in total. The van der Waals surface area contributed by atoms with Gasteiger partial charge in [-0.25, -0.2) is 13.2 Å². The molecule has 1 fully saturated rings. The maximum atomic E-state index is 13.6. The number of Topliss-reactive ketones (excluding diaryl/α,β-unsaturated/α-hetero) is 1. The van der Waals surface area contributed by atoms with Gasteiger partial charge in [0.2, 0.25) is 10.0 Å². The summed E-state index contributed by atoms with van der Waals surface area (Å²) in [5.41, 5.74) is 3.50. The topological polar surface area (TPSA) is 161 Å². The quantitative estimate of drug-likeness (QED) is 0.0607. The average molecular weight is 867 g/mol. The number of aromatic nitrogens is 1. The lowest BCUT2D eigenvalue weighted by Crippen LogP contribution is -2.44. The molecule has 0 bridgehead atoms. The number of carbonyl (C=O) groups is 2. The molecular weight excluding hydrogens is 809 g/mol. The fraction of sp³-hybridized carbons (Fsp3) is 0.383. The van der Waals surface area contributed by atoms with Crippen LogP contribution in [-0.2, 0) is 21.9 Å². The summed E-state index contributed by atoms with van der Waals surface area (Å²) in [5.74, 6) is 2.23. The van der Waals surface area contributed by atoms with Crippen molar-refractivity contribution in [2.45, 2.75) is 51.9 Å². The molecule has 0 spiro atoms. The van der Waals surface area contributed by atoms with E-state index in [1.54, 1.807) is 50.7 Å². The molecule has 1 aromatic heterocycles. The first-order chi connectivity index (χ1) is 29.5. The van der Waals surface area contributed by atoms with Crippen LogP contribution in [0.5, 0.6) is 28.7 Å². The lowest BCUT2D eigenvalue weighted by Gasteiger charge is -2.32. The van der Waals surface area contributed by atoms with Crippen LogP contribution in [-0.4, -0.2) is 102 Å². The molecule has 4 aromatic carbocycles. The lowest BCUT2D eigenvalue weighted by atomic mass is 9.86. The fourth-order valence-electron chi connectivity index (χ4n) is 7.51. The summed E-state index contributed by atoms with van der Waals surface area (Å²) < 4.78 is 50.4. The van der Waals surface area contributed by atoms with Crippen molar-refractivity contribution in [3.8, 4) is 28.7 Å². The zero-order chi connectivity index (χ0) is 44.6. The van der Waals surface area contributed by atoms with Gasteiger partial charge in [0.1, 0.15) is 28.6 Å². The SMILES string of the molecule is COc1cc(Cc2cc(Oc3ccc(NC(=O)Nc4cc(C(C)(C)C)cc(NS(C)(=O)=O)c4OC)c4ccccc34)ccn2)cc(OC)c1C(=O)CCCCN1CCN(C)CC1. The van der Waals surface area contributed by atoms with Crippen molar-refractivity contribution in [2.75, 3.05) is 82.7 Å². The van der Waals surface area contributed by atoms with Crippen LogP contribution in [0.15, 0.2) is 79.0 Å². The molecule has 330 valence electrons. The molecule has 0 atom stereocenters. The number of nitrogens with zero attached hydrogens (tertiary/aromatic N) is 3. The molecule has 2 amide bonds. The van der Waals surface area contributed by atoms with Crippen LogP contribution in [0, 0.1) is 0 Å². The largest absolute Gasteiger partial charge is 0.496 e. The van der Waals surface area contributed by atoms with Crippen LogP contribution in [0.2, 0.25) is 0 Å². The molecule has 1 aliphatic rings. The third kappa shape index (κ3) is 11.7. The van der Waals surface area contributed by atoms with E-state index in [-0.39, 0.29) is 22.6 Å². The molecule has 62 heavy (non-hydrogen) atoms. The summed E-state index contributed by atoms with van der Waals surface area (Å²) in [6.45, 7) is 11.2. The van der Waals surface area contributed by atoms with Gasteiger partial charge < -0.3 is 39.4 Å². The highest BCUT2D eigenvalue weighted by Crippen LogP contribution is 2.40. The smallest absolute Gasteiger partial charge is 0.323 e.